The van der Waals surface area contributed by atoms with E-state index in [-0.39, 0.29) is 18.4 Å². The minimum Gasteiger partial charge on any atom is -0.484 e. The largest absolute Gasteiger partial charge is 0.484 e. The number of likely N-dealkylation sites (N-methyl/N-ethyl adjacent to an activating group) is 1. The third-order valence-corrected chi connectivity index (χ3v) is 3.45. The second kappa shape index (κ2) is 8.72. The summed E-state index contributed by atoms with van der Waals surface area (Å²) in [6.07, 6.45) is 0. The normalized spacial score (nSPS) is 11.4. The molecule has 0 saturated heterocycles. The van der Waals surface area contributed by atoms with Gasteiger partial charge in [0.05, 0.1) is 0 Å². The van der Waals surface area contributed by atoms with E-state index in [0.29, 0.717) is 12.3 Å². The van der Waals surface area contributed by atoms with E-state index in [1.807, 2.05) is 61.5 Å². The van der Waals surface area contributed by atoms with Crippen molar-refractivity contribution in [2.45, 2.75) is 19.9 Å². The van der Waals surface area contributed by atoms with E-state index in [2.05, 4.69) is 10.6 Å². The van der Waals surface area contributed by atoms with Crippen LogP contribution in [0.1, 0.15) is 13.8 Å². The number of benzene rings is 2. The van der Waals surface area contributed by atoms with Gasteiger partial charge in [0.2, 0.25) is 5.91 Å². The lowest BCUT2D eigenvalue weighted by Crippen LogP contribution is -2.46. The van der Waals surface area contributed by atoms with Gasteiger partial charge < -0.3 is 15.4 Å². The molecule has 5 nitrogen and oxygen atoms in total. The molecule has 0 fully saturated rings. The molecule has 0 unspecified atom stereocenters. The molecule has 2 rings (SSSR count). The van der Waals surface area contributed by atoms with Gasteiger partial charge in [-0.2, -0.15) is 0 Å². The summed E-state index contributed by atoms with van der Waals surface area (Å²) in [6.45, 7) is 3.87. The third-order valence-electron chi connectivity index (χ3n) is 3.45. The Bertz CT molecular complexity index is 669. The fourth-order valence-electron chi connectivity index (χ4n) is 2.20. The smallest absolute Gasteiger partial charge is 0.258 e. The molecule has 126 valence electrons. The minimum atomic E-state index is -0.582. The van der Waals surface area contributed by atoms with E-state index in [1.54, 1.807) is 6.92 Å². The summed E-state index contributed by atoms with van der Waals surface area (Å²) in [5.74, 6) is 0.0643. The van der Waals surface area contributed by atoms with Crippen LogP contribution in [0.3, 0.4) is 0 Å². The maximum atomic E-state index is 11.8. The van der Waals surface area contributed by atoms with Crippen molar-refractivity contribution in [3.63, 3.8) is 0 Å². The Balaban J connectivity index is 1.84. The Hall–Kier alpha value is -2.82. The molecule has 0 radical (unpaired) electrons. The fourth-order valence-corrected chi connectivity index (χ4v) is 2.20. The van der Waals surface area contributed by atoms with Crippen molar-refractivity contribution < 1.29 is 14.3 Å². The van der Waals surface area contributed by atoms with Gasteiger partial charge in [-0.05, 0) is 37.1 Å². The lowest BCUT2D eigenvalue weighted by molar-refractivity contribution is -0.129. The van der Waals surface area contributed by atoms with Crippen LogP contribution < -0.4 is 15.4 Å². The Morgan fingerprint density at radius 2 is 1.62 bits per heavy atom. The second-order valence-electron chi connectivity index (χ2n) is 5.36. The molecule has 2 amide bonds. The first kappa shape index (κ1) is 17.5. The average Bonchev–Trinajstić information content (AvgIpc) is 2.61. The van der Waals surface area contributed by atoms with Gasteiger partial charge >= 0.3 is 0 Å². The highest BCUT2D eigenvalue weighted by molar-refractivity contribution is 5.87. The zero-order valence-corrected chi connectivity index (χ0v) is 13.9. The highest BCUT2D eigenvalue weighted by Gasteiger charge is 2.14. The summed E-state index contributed by atoms with van der Waals surface area (Å²) in [5, 5.41) is 5.25. The number of hydrogen-bond acceptors (Lipinski definition) is 3. The van der Waals surface area contributed by atoms with Crippen LogP contribution in [-0.4, -0.2) is 31.0 Å². The number of rotatable bonds is 7. The quantitative estimate of drug-likeness (QED) is 0.821. The lowest BCUT2D eigenvalue weighted by atomic mass is 10.1. The molecule has 0 heterocycles. The van der Waals surface area contributed by atoms with Crippen molar-refractivity contribution in [2.75, 3.05) is 13.2 Å². The van der Waals surface area contributed by atoms with Crippen LogP contribution in [0.2, 0.25) is 0 Å². The van der Waals surface area contributed by atoms with Crippen LogP contribution in [0.4, 0.5) is 0 Å². The van der Waals surface area contributed by atoms with Crippen LogP contribution in [0, 0.1) is 0 Å². The maximum absolute atomic E-state index is 11.8. The number of carbonyl (C=O) groups excluding carboxylic acids is 2. The van der Waals surface area contributed by atoms with Gasteiger partial charge in [0, 0.05) is 6.54 Å². The first-order valence-corrected chi connectivity index (χ1v) is 7.95. The molecule has 5 heteroatoms. The lowest BCUT2D eigenvalue weighted by Gasteiger charge is -2.13. The molecule has 0 aromatic heterocycles. The Labute approximate surface area is 142 Å². The standard InChI is InChI=1S/C19H22N2O3/c1-3-20-19(23)14(2)21-18(22)13-24-17-11-9-16(10-12-17)15-7-5-4-6-8-15/h4-12,14H,3,13H2,1-2H3,(H,20,23)(H,21,22)/t14-/m0/s1. The number of hydrogen-bond donors (Lipinski definition) is 2. The van der Waals surface area contributed by atoms with E-state index in [9.17, 15) is 9.59 Å². The highest BCUT2D eigenvalue weighted by Crippen LogP contribution is 2.21. The van der Waals surface area contributed by atoms with Crippen molar-refractivity contribution in [3.05, 3.63) is 54.6 Å². The molecule has 0 saturated carbocycles. The molecule has 2 aromatic rings. The molecule has 0 spiro atoms. The molecule has 0 aliphatic rings. The molecule has 0 bridgehead atoms. The van der Waals surface area contributed by atoms with Gasteiger partial charge in [-0.25, -0.2) is 0 Å². The summed E-state index contributed by atoms with van der Waals surface area (Å²) >= 11 is 0. The first-order chi connectivity index (χ1) is 11.6. The van der Waals surface area contributed by atoms with E-state index < -0.39 is 6.04 Å². The molecule has 0 aliphatic carbocycles. The van der Waals surface area contributed by atoms with E-state index in [0.717, 1.165) is 11.1 Å². The summed E-state index contributed by atoms with van der Waals surface area (Å²) in [5.41, 5.74) is 2.20. The molecule has 0 aliphatic heterocycles. The molecule has 2 N–H and O–H groups in total. The number of ether oxygens (including phenoxy) is 1. The predicted molar refractivity (Wildman–Crippen MR) is 93.7 cm³/mol. The van der Waals surface area contributed by atoms with E-state index in [4.69, 9.17) is 4.74 Å². The van der Waals surface area contributed by atoms with Crippen molar-refractivity contribution in [1.82, 2.24) is 10.6 Å². The highest BCUT2D eigenvalue weighted by atomic mass is 16.5. The molecule has 24 heavy (non-hydrogen) atoms. The van der Waals surface area contributed by atoms with Crippen LogP contribution in [0.25, 0.3) is 11.1 Å². The number of nitrogens with one attached hydrogen (secondary N) is 2. The van der Waals surface area contributed by atoms with Crippen LogP contribution in [-0.2, 0) is 9.59 Å². The summed E-state index contributed by atoms with van der Waals surface area (Å²) in [6, 6.07) is 17.0. The Morgan fingerprint density at radius 1 is 1.00 bits per heavy atom. The summed E-state index contributed by atoms with van der Waals surface area (Å²) in [4.78, 5) is 23.4. The Morgan fingerprint density at radius 3 is 2.25 bits per heavy atom. The van der Waals surface area contributed by atoms with Gasteiger partial charge in [0.1, 0.15) is 11.8 Å². The van der Waals surface area contributed by atoms with Crippen molar-refractivity contribution in [3.8, 4) is 16.9 Å². The summed E-state index contributed by atoms with van der Waals surface area (Å²) in [7, 11) is 0. The van der Waals surface area contributed by atoms with Gasteiger partial charge in [-0.15, -0.1) is 0 Å². The topological polar surface area (TPSA) is 67.4 Å². The Kier molecular flexibility index (Phi) is 6.37. The van der Waals surface area contributed by atoms with Gasteiger partial charge in [0.25, 0.3) is 5.91 Å². The molecular formula is C19H22N2O3. The van der Waals surface area contributed by atoms with E-state index >= 15 is 0 Å². The minimum absolute atomic E-state index is 0.131. The average molecular weight is 326 g/mol. The number of carbonyl (C=O) groups is 2. The third kappa shape index (κ3) is 5.12. The van der Waals surface area contributed by atoms with Crippen molar-refractivity contribution in [2.24, 2.45) is 0 Å². The van der Waals surface area contributed by atoms with Gasteiger partial charge in [-0.1, -0.05) is 42.5 Å². The van der Waals surface area contributed by atoms with E-state index in [1.165, 1.54) is 0 Å². The van der Waals surface area contributed by atoms with Crippen molar-refractivity contribution >= 4 is 11.8 Å². The second-order valence-corrected chi connectivity index (χ2v) is 5.36. The molecular weight excluding hydrogens is 304 g/mol. The van der Waals surface area contributed by atoms with Gasteiger partial charge in [-0.3, -0.25) is 9.59 Å². The first-order valence-electron chi connectivity index (χ1n) is 7.95. The maximum Gasteiger partial charge on any atom is 0.258 e. The van der Waals surface area contributed by atoms with Crippen LogP contribution >= 0.6 is 0 Å². The van der Waals surface area contributed by atoms with Crippen LogP contribution in [0.5, 0.6) is 5.75 Å². The van der Waals surface area contributed by atoms with Crippen LogP contribution in [0.15, 0.2) is 54.6 Å². The number of amides is 2. The van der Waals surface area contributed by atoms with Crippen molar-refractivity contribution in [1.29, 1.82) is 0 Å². The SMILES string of the molecule is CCNC(=O)[C@H](C)NC(=O)COc1ccc(-c2ccccc2)cc1. The zero-order valence-electron chi connectivity index (χ0n) is 13.9. The predicted octanol–water partition coefficient (Wildman–Crippen LogP) is 2.37. The zero-order chi connectivity index (χ0) is 17.4. The van der Waals surface area contributed by atoms with Gasteiger partial charge in [0.15, 0.2) is 6.61 Å². The monoisotopic (exact) mass is 326 g/mol. The fraction of sp³-hybridized carbons (Fsp3) is 0.263. The molecule has 2 aromatic carbocycles. The summed E-state index contributed by atoms with van der Waals surface area (Å²) < 4.78 is 5.46. The molecule has 1 atom stereocenters.